The quantitative estimate of drug-likeness (QED) is 0.234. The highest BCUT2D eigenvalue weighted by atomic mass is 127. The number of aliphatic hydroxyl groups excluding tert-OH is 1. The average Bonchev–Trinajstić information content (AvgIpc) is 2.64. The maximum atomic E-state index is 14.2. The van der Waals surface area contributed by atoms with Crippen LogP contribution in [0.15, 0.2) is 24.3 Å². The molecule has 27 heavy (non-hydrogen) atoms. The smallest absolute Gasteiger partial charge is 0.277 e. The molecule has 0 heterocycles. The number of anilines is 2. The number of hydrogen-bond donors (Lipinski definition) is 3. The minimum Gasteiger partial charge on any atom is -0.394 e. The van der Waals surface area contributed by atoms with Crippen molar-refractivity contribution in [3.05, 3.63) is 56.7 Å². The minimum atomic E-state index is -1.82. The molecule has 0 aliphatic rings. The van der Waals surface area contributed by atoms with E-state index in [2.05, 4.69) is 5.32 Å². The van der Waals surface area contributed by atoms with E-state index < -0.39 is 53.1 Å². The van der Waals surface area contributed by atoms with Crippen LogP contribution >= 0.6 is 22.6 Å². The lowest BCUT2D eigenvalue weighted by atomic mass is 10.1. The van der Waals surface area contributed by atoms with E-state index >= 15 is 0 Å². The van der Waals surface area contributed by atoms with Crippen LogP contribution in [-0.2, 0) is 4.84 Å². The molecular formula is C17H15F4IN2O3. The van der Waals surface area contributed by atoms with E-state index in [1.807, 2.05) is 28.1 Å². The van der Waals surface area contributed by atoms with Gasteiger partial charge in [-0.15, -0.1) is 0 Å². The lowest BCUT2D eigenvalue weighted by Crippen LogP contribution is -2.32. The topological polar surface area (TPSA) is 70.6 Å². The van der Waals surface area contributed by atoms with Crippen LogP contribution in [0.3, 0.4) is 0 Å². The summed E-state index contributed by atoms with van der Waals surface area (Å²) in [6.07, 6.45) is -0.392. The number of hydrogen-bond acceptors (Lipinski definition) is 4. The zero-order valence-corrected chi connectivity index (χ0v) is 16.1. The molecule has 1 amide bonds. The van der Waals surface area contributed by atoms with Crippen molar-refractivity contribution >= 4 is 39.9 Å². The summed E-state index contributed by atoms with van der Waals surface area (Å²) < 4.78 is 56.1. The molecule has 10 heteroatoms. The molecule has 5 nitrogen and oxygen atoms in total. The Morgan fingerprint density at radius 1 is 1.19 bits per heavy atom. The van der Waals surface area contributed by atoms with Gasteiger partial charge >= 0.3 is 0 Å². The van der Waals surface area contributed by atoms with Crippen molar-refractivity contribution in [3.63, 3.8) is 0 Å². The Bertz CT molecular complexity index is 847. The van der Waals surface area contributed by atoms with Gasteiger partial charge in [0.25, 0.3) is 5.91 Å². The summed E-state index contributed by atoms with van der Waals surface area (Å²) in [5.74, 6) is -6.98. The molecule has 1 unspecified atom stereocenters. The summed E-state index contributed by atoms with van der Waals surface area (Å²) in [4.78, 5) is 17.2. The van der Waals surface area contributed by atoms with Crippen LogP contribution in [0.4, 0.5) is 28.9 Å². The minimum absolute atomic E-state index is 0.239. The van der Waals surface area contributed by atoms with Crippen molar-refractivity contribution in [2.75, 3.05) is 11.9 Å². The van der Waals surface area contributed by atoms with E-state index in [0.717, 1.165) is 6.07 Å². The highest BCUT2D eigenvalue weighted by Gasteiger charge is 2.24. The Morgan fingerprint density at radius 2 is 1.89 bits per heavy atom. The third-order valence-corrected chi connectivity index (χ3v) is 4.25. The van der Waals surface area contributed by atoms with Crippen molar-refractivity contribution in [3.8, 4) is 0 Å². The van der Waals surface area contributed by atoms with Gasteiger partial charge in [-0.05, 0) is 53.3 Å². The van der Waals surface area contributed by atoms with Crippen molar-refractivity contribution in [1.29, 1.82) is 0 Å². The van der Waals surface area contributed by atoms with Gasteiger partial charge in [0.15, 0.2) is 17.5 Å². The molecule has 0 bridgehead atoms. The van der Waals surface area contributed by atoms with Crippen molar-refractivity contribution < 1.29 is 32.3 Å². The number of carbonyl (C=O) groups is 1. The van der Waals surface area contributed by atoms with Gasteiger partial charge in [-0.1, -0.05) is 6.92 Å². The number of benzene rings is 2. The average molecular weight is 498 g/mol. The molecule has 3 N–H and O–H groups in total. The lowest BCUT2D eigenvalue weighted by molar-refractivity contribution is -0.0408. The van der Waals surface area contributed by atoms with Crippen LogP contribution in [0.5, 0.6) is 0 Å². The molecule has 0 radical (unpaired) electrons. The van der Waals surface area contributed by atoms with Gasteiger partial charge in [0.1, 0.15) is 11.9 Å². The van der Waals surface area contributed by atoms with Gasteiger partial charge in [-0.2, -0.15) is 0 Å². The van der Waals surface area contributed by atoms with Crippen molar-refractivity contribution in [2.24, 2.45) is 0 Å². The predicted molar refractivity (Wildman–Crippen MR) is 98.4 cm³/mol. The molecule has 1 atom stereocenters. The molecule has 0 aromatic heterocycles. The SMILES string of the molecule is CCC(CO)ONC(=O)c1cc(F)c(F)c(F)c1Nc1ccc(I)cc1F. The second-order valence-electron chi connectivity index (χ2n) is 5.42. The number of aliphatic hydroxyl groups is 1. The van der Waals surface area contributed by atoms with E-state index in [-0.39, 0.29) is 5.69 Å². The molecule has 0 saturated carbocycles. The van der Waals surface area contributed by atoms with Gasteiger partial charge < -0.3 is 10.4 Å². The summed E-state index contributed by atoms with van der Waals surface area (Å²) >= 11 is 1.86. The molecule has 0 spiro atoms. The maximum Gasteiger partial charge on any atom is 0.277 e. The molecule has 0 saturated heterocycles. The monoisotopic (exact) mass is 498 g/mol. The first-order valence-electron chi connectivity index (χ1n) is 7.74. The molecule has 2 aromatic carbocycles. The molecule has 0 aliphatic carbocycles. The summed E-state index contributed by atoms with van der Waals surface area (Å²) in [5, 5.41) is 11.3. The van der Waals surface area contributed by atoms with Crippen LogP contribution < -0.4 is 10.8 Å². The third-order valence-electron chi connectivity index (χ3n) is 3.57. The fourth-order valence-corrected chi connectivity index (χ4v) is 2.52. The third kappa shape index (κ3) is 5.08. The highest BCUT2D eigenvalue weighted by Crippen LogP contribution is 2.30. The molecule has 0 aliphatic heterocycles. The van der Waals surface area contributed by atoms with Crippen LogP contribution in [0.25, 0.3) is 0 Å². The van der Waals surface area contributed by atoms with Gasteiger partial charge in [0.2, 0.25) is 0 Å². The fourth-order valence-electron chi connectivity index (χ4n) is 2.06. The van der Waals surface area contributed by atoms with Crippen LogP contribution in [-0.4, -0.2) is 23.7 Å². The first-order chi connectivity index (χ1) is 12.8. The number of nitrogens with one attached hydrogen (secondary N) is 2. The number of hydroxylamine groups is 1. The number of amides is 1. The Morgan fingerprint density at radius 3 is 2.48 bits per heavy atom. The van der Waals surface area contributed by atoms with E-state index in [1.165, 1.54) is 12.1 Å². The largest absolute Gasteiger partial charge is 0.394 e. The second-order valence-corrected chi connectivity index (χ2v) is 6.67. The zero-order valence-electron chi connectivity index (χ0n) is 14.0. The summed E-state index contributed by atoms with van der Waals surface area (Å²) in [6.45, 7) is 1.28. The van der Waals surface area contributed by atoms with Crippen LogP contribution in [0.1, 0.15) is 23.7 Å². The Balaban J connectivity index is 2.40. The fraction of sp³-hybridized carbons (Fsp3) is 0.235. The first kappa shape index (κ1) is 21.4. The maximum absolute atomic E-state index is 14.2. The van der Waals surface area contributed by atoms with Crippen LogP contribution in [0, 0.1) is 26.8 Å². The van der Waals surface area contributed by atoms with Gasteiger partial charge in [-0.25, -0.2) is 23.0 Å². The van der Waals surface area contributed by atoms with E-state index in [9.17, 15) is 22.4 Å². The molecule has 0 fully saturated rings. The first-order valence-corrected chi connectivity index (χ1v) is 8.82. The second kappa shape index (κ2) is 9.33. The number of carbonyl (C=O) groups excluding carboxylic acids is 1. The summed E-state index contributed by atoms with van der Waals surface area (Å²) in [7, 11) is 0. The van der Waals surface area contributed by atoms with Crippen LogP contribution in [0.2, 0.25) is 0 Å². The summed E-state index contributed by atoms with van der Waals surface area (Å²) in [6, 6.07) is 4.36. The van der Waals surface area contributed by atoms with Gasteiger partial charge in [-0.3, -0.25) is 9.63 Å². The van der Waals surface area contributed by atoms with Crippen molar-refractivity contribution in [1.82, 2.24) is 5.48 Å². The Kier molecular flexibility index (Phi) is 7.39. The lowest BCUT2D eigenvalue weighted by Gasteiger charge is -2.17. The molecular weight excluding hydrogens is 483 g/mol. The van der Waals surface area contributed by atoms with Gasteiger partial charge in [0.05, 0.1) is 23.5 Å². The Hall–Kier alpha value is -1.92. The van der Waals surface area contributed by atoms with E-state index in [1.54, 1.807) is 6.92 Å². The predicted octanol–water partition coefficient (Wildman–Crippen LogP) is 4.02. The molecule has 2 aromatic rings. The molecule has 146 valence electrons. The number of rotatable bonds is 7. The van der Waals surface area contributed by atoms with Crippen molar-refractivity contribution in [2.45, 2.75) is 19.4 Å². The molecule has 2 rings (SSSR count). The Labute approximate surface area is 165 Å². The number of halogens is 5. The van der Waals surface area contributed by atoms with Gasteiger partial charge in [0, 0.05) is 3.57 Å². The normalized spacial score (nSPS) is 12.0. The summed E-state index contributed by atoms with van der Waals surface area (Å²) in [5.41, 5.74) is 0.297. The standard InChI is InChI=1S/C17H15F4IN2O3/c1-2-9(7-25)27-24-17(26)10-6-12(19)14(20)15(21)16(10)23-13-4-3-8(22)5-11(13)18/h3-6,9,23,25H,2,7H2,1H3,(H,24,26). The van der Waals surface area contributed by atoms with E-state index in [4.69, 9.17) is 9.94 Å². The highest BCUT2D eigenvalue weighted by molar-refractivity contribution is 14.1. The van der Waals surface area contributed by atoms with E-state index in [0.29, 0.717) is 16.1 Å². The zero-order chi connectivity index (χ0) is 20.1.